The van der Waals surface area contributed by atoms with Crippen LogP contribution in [0.2, 0.25) is 0 Å². The van der Waals surface area contributed by atoms with E-state index >= 15 is 0 Å². The Morgan fingerprint density at radius 1 is 1.53 bits per heavy atom. The number of amides is 2. The third kappa shape index (κ3) is 6.35. The average molecular weight is 213 g/mol. The van der Waals surface area contributed by atoms with Crippen LogP contribution in [0.4, 0.5) is 4.79 Å². The molecule has 0 rings (SSSR count). The molecule has 0 aromatic heterocycles. The number of carbonyl (C=O) groups excluding carboxylic acids is 1. The molecular formula is C9H15N3O3. The molecule has 4 N–H and O–H groups in total. The number of carboxylic acid groups (broad SMARTS) is 1. The van der Waals surface area contributed by atoms with Crippen molar-refractivity contribution in [3.63, 3.8) is 0 Å². The van der Waals surface area contributed by atoms with Gasteiger partial charge in [0.05, 0.1) is 6.54 Å². The van der Waals surface area contributed by atoms with Crippen molar-refractivity contribution in [3.05, 3.63) is 0 Å². The molecule has 0 aliphatic rings. The monoisotopic (exact) mass is 213 g/mol. The summed E-state index contributed by atoms with van der Waals surface area (Å²) in [6, 6.07) is -0.483. The zero-order valence-corrected chi connectivity index (χ0v) is 8.40. The second kappa shape index (κ2) is 7.64. The van der Waals surface area contributed by atoms with Gasteiger partial charge in [-0.1, -0.05) is 5.92 Å². The van der Waals surface area contributed by atoms with Gasteiger partial charge in [0.25, 0.3) is 0 Å². The van der Waals surface area contributed by atoms with E-state index in [2.05, 4.69) is 11.2 Å². The molecule has 0 atom stereocenters. The summed E-state index contributed by atoms with van der Waals surface area (Å²) < 4.78 is 0. The first-order valence-electron chi connectivity index (χ1n) is 4.50. The molecule has 84 valence electrons. The number of hydrogen-bond donors (Lipinski definition) is 3. The number of carboxylic acids is 1. The SMILES string of the molecule is C#CCN(CC(=O)O)C(=O)NCCCN. The highest BCUT2D eigenvalue weighted by molar-refractivity contribution is 5.80. The van der Waals surface area contributed by atoms with Crippen molar-refractivity contribution in [1.82, 2.24) is 10.2 Å². The van der Waals surface area contributed by atoms with Crippen molar-refractivity contribution in [1.29, 1.82) is 0 Å². The second-order valence-corrected chi connectivity index (χ2v) is 2.83. The molecule has 0 saturated heterocycles. The fraction of sp³-hybridized carbons (Fsp3) is 0.556. The molecule has 0 aromatic carbocycles. The molecule has 0 unspecified atom stereocenters. The molecule has 0 bridgehead atoms. The van der Waals surface area contributed by atoms with Crippen LogP contribution in [0, 0.1) is 12.3 Å². The summed E-state index contributed by atoms with van der Waals surface area (Å²) in [6.07, 6.45) is 5.65. The van der Waals surface area contributed by atoms with Gasteiger partial charge in [0, 0.05) is 6.54 Å². The summed E-state index contributed by atoms with van der Waals surface area (Å²) in [5.74, 6) is 1.12. The van der Waals surface area contributed by atoms with Crippen molar-refractivity contribution in [3.8, 4) is 12.3 Å². The number of nitrogens with two attached hydrogens (primary N) is 1. The molecule has 6 heteroatoms. The molecule has 0 spiro atoms. The van der Waals surface area contributed by atoms with Gasteiger partial charge in [-0.25, -0.2) is 4.79 Å². The Labute approximate surface area is 88.4 Å². The Balaban J connectivity index is 4.05. The molecule has 0 aliphatic carbocycles. The van der Waals surface area contributed by atoms with Gasteiger partial charge in [-0.2, -0.15) is 0 Å². The molecule has 15 heavy (non-hydrogen) atoms. The molecule has 0 fully saturated rings. The lowest BCUT2D eigenvalue weighted by atomic mass is 10.4. The van der Waals surface area contributed by atoms with E-state index in [-0.39, 0.29) is 6.54 Å². The van der Waals surface area contributed by atoms with Crippen LogP contribution < -0.4 is 11.1 Å². The van der Waals surface area contributed by atoms with Gasteiger partial charge in [-0.15, -0.1) is 6.42 Å². The number of carbonyl (C=O) groups is 2. The van der Waals surface area contributed by atoms with Gasteiger partial charge >= 0.3 is 12.0 Å². The molecule has 0 aliphatic heterocycles. The first kappa shape index (κ1) is 13.3. The van der Waals surface area contributed by atoms with Crippen molar-refractivity contribution < 1.29 is 14.7 Å². The van der Waals surface area contributed by atoms with E-state index in [4.69, 9.17) is 17.3 Å². The predicted octanol–water partition coefficient (Wildman–Crippen LogP) is -0.935. The van der Waals surface area contributed by atoms with Crippen LogP contribution in [0.3, 0.4) is 0 Å². The molecule has 6 nitrogen and oxygen atoms in total. The standard InChI is InChI=1S/C9H15N3O3/c1-2-6-12(7-8(13)14)9(15)11-5-3-4-10/h1H,3-7,10H2,(H,11,15)(H,13,14). The Morgan fingerprint density at radius 2 is 2.20 bits per heavy atom. The van der Waals surface area contributed by atoms with Gasteiger partial charge < -0.3 is 21.1 Å². The molecule has 0 aromatic rings. The van der Waals surface area contributed by atoms with Crippen LogP contribution >= 0.6 is 0 Å². The van der Waals surface area contributed by atoms with E-state index in [1.807, 2.05) is 0 Å². The second-order valence-electron chi connectivity index (χ2n) is 2.83. The maximum absolute atomic E-state index is 11.4. The quantitative estimate of drug-likeness (QED) is 0.392. The zero-order valence-electron chi connectivity index (χ0n) is 8.40. The van der Waals surface area contributed by atoms with Crippen molar-refractivity contribution in [2.45, 2.75) is 6.42 Å². The van der Waals surface area contributed by atoms with Crippen LogP contribution in [-0.2, 0) is 4.79 Å². The minimum Gasteiger partial charge on any atom is -0.480 e. The first-order valence-corrected chi connectivity index (χ1v) is 4.50. The smallest absolute Gasteiger partial charge is 0.323 e. The summed E-state index contributed by atoms with van der Waals surface area (Å²) in [4.78, 5) is 22.8. The van der Waals surface area contributed by atoms with Crippen LogP contribution in [0.25, 0.3) is 0 Å². The number of aliphatic carboxylic acids is 1. The number of nitrogens with one attached hydrogen (secondary N) is 1. The third-order valence-corrected chi connectivity index (χ3v) is 1.55. The maximum Gasteiger partial charge on any atom is 0.323 e. The van der Waals surface area contributed by atoms with Gasteiger partial charge in [-0.05, 0) is 13.0 Å². The van der Waals surface area contributed by atoms with Crippen molar-refractivity contribution >= 4 is 12.0 Å². The number of hydrogen-bond acceptors (Lipinski definition) is 3. The fourth-order valence-corrected chi connectivity index (χ4v) is 0.882. The number of urea groups is 1. The lowest BCUT2D eigenvalue weighted by Crippen LogP contribution is -2.43. The Bertz CT molecular complexity index is 260. The third-order valence-electron chi connectivity index (χ3n) is 1.55. The number of nitrogens with zero attached hydrogens (tertiary/aromatic N) is 1. The van der Waals surface area contributed by atoms with Gasteiger partial charge in [0.15, 0.2) is 0 Å². The Hall–Kier alpha value is -1.74. The molecule has 2 amide bonds. The summed E-state index contributed by atoms with van der Waals surface area (Å²) in [6.45, 7) is 0.448. The summed E-state index contributed by atoms with van der Waals surface area (Å²) >= 11 is 0. The zero-order chi connectivity index (χ0) is 11.7. The van der Waals surface area contributed by atoms with Crippen LogP contribution in [0.1, 0.15) is 6.42 Å². The van der Waals surface area contributed by atoms with E-state index in [1.54, 1.807) is 0 Å². The topological polar surface area (TPSA) is 95.7 Å². The van der Waals surface area contributed by atoms with E-state index in [9.17, 15) is 9.59 Å². The van der Waals surface area contributed by atoms with Crippen LogP contribution in [0.15, 0.2) is 0 Å². The van der Waals surface area contributed by atoms with Crippen molar-refractivity contribution in [2.75, 3.05) is 26.2 Å². The first-order chi connectivity index (χ1) is 7.11. The van der Waals surface area contributed by atoms with Gasteiger partial charge in [0.2, 0.25) is 0 Å². The number of terminal acetylenes is 1. The minimum absolute atomic E-state index is 0.0270. The largest absolute Gasteiger partial charge is 0.480 e. The van der Waals surface area contributed by atoms with Gasteiger partial charge in [-0.3, -0.25) is 4.79 Å². The Kier molecular flexibility index (Phi) is 6.76. The number of rotatable bonds is 6. The normalized spacial score (nSPS) is 9.07. The van der Waals surface area contributed by atoms with Crippen LogP contribution in [-0.4, -0.2) is 48.2 Å². The average Bonchev–Trinajstić information content (AvgIpc) is 2.17. The van der Waals surface area contributed by atoms with Gasteiger partial charge in [0.1, 0.15) is 6.54 Å². The molecule has 0 radical (unpaired) electrons. The van der Waals surface area contributed by atoms with E-state index < -0.39 is 18.5 Å². The molecule has 0 heterocycles. The summed E-state index contributed by atoms with van der Waals surface area (Å²) in [7, 11) is 0. The Morgan fingerprint density at radius 3 is 2.67 bits per heavy atom. The fourth-order valence-electron chi connectivity index (χ4n) is 0.882. The summed E-state index contributed by atoms with van der Waals surface area (Å²) in [5, 5.41) is 11.0. The predicted molar refractivity (Wildman–Crippen MR) is 55.1 cm³/mol. The van der Waals surface area contributed by atoms with E-state index in [0.717, 1.165) is 4.90 Å². The molecular weight excluding hydrogens is 198 g/mol. The van der Waals surface area contributed by atoms with Crippen molar-refractivity contribution in [2.24, 2.45) is 5.73 Å². The minimum atomic E-state index is -1.10. The highest BCUT2D eigenvalue weighted by Crippen LogP contribution is 1.89. The highest BCUT2D eigenvalue weighted by atomic mass is 16.4. The van der Waals surface area contributed by atoms with Crippen LogP contribution in [0.5, 0.6) is 0 Å². The lowest BCUT2D eigenvalue weighted by Gasteiger charge is -2.18. The summed E-state index contributed by atoms with van der Waals surface area (Å²) in [5.41, 5.74) is 5.24. The van der Waals surface area contributed by atoms with E-state index in [1.165, 1.54) is 0 Å². The molecule has 0 saturated carbocycles. The lowest BCUT2D eigenvalue weighted by molar-refractivity contribution is -0.137. The van der Waals surface area contributed by atoms with E-state index in [0.29, 0.717) is 19.5 Å². The maximum atomic E-state index is 11.4. The highest BCUT2D eigenvalue weighted by Gasteiger charge is 2.14.